The third-order valence-electron chi connectivity index (χ3n) is 2.79. The normalized spacial score (nSPS) is 9.90. The van der Waals surface area contributed by atoms with Crippen LogP contribution < -0.4 is 4.90 Å². The maximum Gasteiger partial charge on any atom is 0.156 e. The van der Waals surface area contributed by atoms with Crippen molar-refractivity contribution in [3.63, 3.8) is 0 Å². The summed E-state index contributed by atoms with van der Waals surface area (Å²) in [5, 5.41) is 9.05. The molecule has 2 rings (SSSR count). The molecule has 0 amide bonds. The molecule has 0 unspecified atom stereocenters. The summed E-state index contributed by atoms with van der Waals surface area (Å²) in [6, 6.07) is 9.07. The van der Waals surface area contributed by atoms with E-state index in [0.717, 1.165) is 5.69 Å². The molecule has 1 heterocycles. The average molecular weight is 287 g/mol. The van der Waals surface area contributed by atoms with Crippen LogP contribution in [0.1, 0.15) is 21.7 Å². The fourth-order valence-corrected chi connectivity index (χ4v) is 2.05. The minimum atomic E-state index is 0.116. The Labute approximate surface area is 121 Å². The van der Waals surface area contributed by atoms with Crippen LogP contribution in [0, 0.1) is 18.3 Å². The summed E-state index contributed by atoms with van der Waals surface area (Å²) in [5.41, 5.74) is 1.49. The van der Waals surface area contributed by atoms with Gasteiger partial charge in [-0.3, -0.25) is 4.79 Å². The van der Waals surface area contributed by atoms with Gasteiger partial charge in [0.05, 0.1) is 17.2 Å². The minimum absolute atomic E-state index is 0.116. The first kappa shape index (κ1) is 14.0. The van der Waals surface area contributed by atoms with E-state index in [1.807, 2.05) is 6.07 Å². The Bertz CT molecular complexity index is 709. The van der Waals surface area contributed by atoms with Crippen LogP contribution in [0.2, 0.25) is 5.15 Å². The topological polar surface area (TPSA) is 69.9 Å². The number of nitriles is 1. The molecule has 6 heteroatoms. The molecular formula is C14H11ClN4O. The second kappa shape index (κ2) is 5.68. The van der Waals surface area contributed by atoms with Gasteiger partial charge in [0, 0.05) is 12.7 Å². The first-order valence-electron chi connectivity index (χ1n) is 5.80. The zero-order chi connectivity index (χ0) is 14.7. The molecule has 5 nitrogen and oxygen atoms in total. The molecule has 20 heavy (non-hydrogen) atoms. The molecule has 0 aliphatic rings. The van der Waals surface area contributed by atoms with Crippen molar-refractivity contribution in [3.05, 3.63) is 46.4 Å². The van der Waals surface area contributed by atoms with E-state index < -0.39 is 0 Å². The lowest BCUT2D eigenvalue weighted by Crippen LogP contribution is -2.15. The molecule has 0 N–H and O–H groups in total. The van der Waals surface area contributed by atoms with Gasteiger partial charge in [-0.25, -0.2) is 9.97 Å². The van der Waals surface area contributed by atoms with Gasteiger partial charge >= 0.3 is 0 Å². The zero-order valence-electron chi connectivity index (χ0n) is 11.0. The highest BCUT2D eigenvalue weighted by molar-refractivity contribution is 6.32. The van der Waals surface area contributed by atoms with Crippen molar-refractivity contribution < 1.29 is 4.79 Å². The van der Waals surface area contributed by atoms with E-state index in [4.69, 9.17) is 16.9 Å². The Hall–Kier alpha value is -2.45. The van der Waals surface area contributed by atoms with E-state index >= 15 is 0 Å². The predicted octanol–water partition coefficient (Wildman–Crippen LogP) is 2.89. The van der Waals surface area contributed by atoms with Crippen LogP contribution >= 0.6 is 11.6 Å². The van der Waals surface area contributed by atoms with Gasteiger partial charge in [-0.05, 0) is 25.1 Å². The summed E-state index contributed by atoms with van der Waals surface area (Å²) in [5.74, 6) is 0.881. The molecule has 0 spiro atoms. The van der Waals surface area contributed by atoms with Crippen molar-refractivity contribution in [3.8, 4) is 6.07 Å². The lowest BCUT2D eigenvalue weighted by Gasteiger charge is -2.20. The molecule has 100 valence electrons. The van der Waals surface area contributed by atoms with Crippen molar-refractivity contribution in [2.24, 2.45) is 0 Å². The second-order valence-electron chi connectivity index (χ2n) is 4.14. The maximum absolute atomic E-state index is 11.2. The monoisotopic (exact) mass is 286 g/mol. The van der Waals surface area contributed by atoms with Gasteiger partial charge in [-0.2, -0.15) is 5.26 Å². The number of anilines is 2. The van der Waals surface area contributed by atoms with Gasteiger partial charge in [0.2, 0.25) is 0 Å². The highest BCUT2D eigenvalue weighted by Gasteiger charge is 2.16. The third-order valence-corrected chi connectivity index (χ3v) is 3.08. The number of nitrogens with zero attached hydrogens (tertiary/aromatic N) is 4. The molecule has 0 aliphatic carbocycles. The van der Waals surface area contributed by atoms with E-state index in [1.54, 1.807) is 37.1 Å². The number of aldehydes is 1. The molecule has 2 aromatic rings. The van der Waals surface area contributed by atoms with Gasteiger partial charge in [-0.1, -0.05) is 17.7 Å². The van der Waals surface area contributed by atoms with Crippen LogP contribution in [0.5, 0.6) is 0 Å². The Morgan fingerprint density at radius 1 is 1.40 bits per heavy atom. The van der Waals surface area contributed by atoms with Gasteiger partial charge < -0.3 is 4.90 Å². The largest absolute Gasteiger partial charge is 0.329 e. The summed E-state index contributed by atoms with van der Waals surface area (Å²) in [6.45, 7) is 1.70. The van der Waals surface area contributed by atoms with Gasteiger partial charge in [0.25, 0.3) is 0 Å². The Morgan fingerprint density at radius 2 is 2.15 bits per heavy atom. The number of halogens is 1. The highest BCUT2D eigenvalue weighted by Crippen LogP contribution is 2.28. The van der Waals surface area contributed by atoms with E-state index in [9.17, 15) is 4.79 Å². The molecule has 0 aliphatic heterocycles. The molecule has 1 aromatic heterocycles. The van der Waals surface area contributed by atoms with Crippen molar-refractivity contribution in [2.75, 3.05) is 11.9 Å². The molecule has 1 aromatic carbocycles. The number of aryl methyl sites for hydroxylation is 1. The number of hydrogen-bond donors (Lipinski definition) is 0. The van der Waals surface area contributed by atoms with Crippen molar-refractivity contribution >= 4 is 29.4 Å². The predicted molar refractivity (Wildman–Crippen MR) is 76.4 cm³/mol. The van der Waals surface area contributed by atoms with E-state index in [1.165, 1.54) is 0 Å². The average Bonchev–Trinajstić information content (AvgIpc) is 2.45. The second-order valence-corrected chi connectivity index (χ2v) is 4.50. The molecule has 0 fully saturated rings. The maximum atomic E-state index is 11.2. The molecule has 0 saturated carbocycles. The minimum Gasteiger partial charge on any atom is -0.329 e. The Morgan fingerprint density at radius 3 is 2.80 bits per heavy atom. The summed E-state index contributed by atoms with van der Waals surface area (Å²) in [7, 11) is 1.75. The smallest absolute Gasteiger partial charge is 0.156 e. The number of rotatable bonds is 3. The SMILES string of the molecule is Cc1nc(Cl)c(C=O)c(N(C)c2cccc(C#N)c2)n1. The standard InChI is InChI=1S/C14H11ClN4O/c1-9-17-13(15)12(8-20)14(18-9)19(2)11-5-3-4-10(6-11)7-16/h3-6,8H,1-2H3. The number of carbonyl (C=O) groups is 1. The summed E-state index contributed by atoms with van der Waals surface area (Å²) in [6.07, 6.45) is 0.627. The van der Waals surface area contributed by atoms with E-state index in [0.29, 0.717) is 23.5 Å². The Balaban J connectivity index is 2.55. The first-order chi connectivity index (χ1) is 9.56. The van der Waals surface area contributed by atoms with Gasteiger partial charge in [0.15, 0.2) is 6.29 Å². The lowest BCUT2D eigenvalue weighted by atomic mass is 10.2. The van der Waals surface area contributed by atoms with Crippen molar-refractivity contribution in [1.29, 1.82) is 5.26 Å². The van der Waals surface area contributed by atoms with Crippen molar-refractivity contribution in [2.45, 2.75) is 6.92 Å². The summed E-state index contributed by atoms with van der Waals surface area (Å²) >= 11 is 5.96. The van der Waals surface area contributed by atoms with Crippen molar-refractivity contribution in [1.82, 2.24) is 9.97 Å². The molecular weight excluding hydrogens is 276 g/mol. The van der Waals surface area contributed by atoms with E-state index in [2.05, 4.69) is 16.0 Å². The number of carbonyl (C=O) groups excluding carboxylic acids is 1. The molecule has 0 saturated heterocycles. The number of hydrogen-bond acceptors (Lipinski definition) is 5. The fourth-order valence-electron chi connectivity index (χ4n) is 1.80. The fraction of sp³-hybridized carbons (Fsp3) is 0.143. The zero-order valence-corrected chi connectivity index (χ0v) is 11.7. The summed E-state index contributed by atoms with van der Waals surface area (Å²) < 4.78 is 0. The Kier molecular flexibility index (Phi) is 3.97. The van der Waals surface area contributed by atoms with Crippen LogP contribution in [-0.4, -0.2) is 23.3 Å². The van der Waals surface area contributed by atoms with Crippen LogP contribution in [0.15, 0.2) is 24.3 Å². The van der Waals surface area contributed by atoms with E-state index in [-0.39, 0.29) is 10.7 Å². The highest BCUT2D eigenvalue weighted by atomic mass is 35.5. The summed E-state index contributed by atoms with van der Waals surface area (Å²) in [4.78, 5) is 21.1. The third kappa shape index (κ3) is 2.60. The van der Waals surface area contributed by atoms with Crippen LogP contribution in [-0.2, 0) is 0 Å². The molecule has 0 atom stereocenters. The first-order valence-corrected chi connectivity index (χ1v) is 6.18. The van der Waals surface area contributed by atoms with Gasteiger partial charge in [-0.15, -0.1) is 0 Å². The van der Waals surface area contributed by atoms with Crippen LogP contribution in [0.4, 0.5) is 11.5 Å². The molecule has 0 bridgehead atoms. The number of aromatic nitrogens is 2. The van der Waals surface area contributed by atoms with Gasteiger partial charge in [0.1, 0.15) is 16.8 Å². The quantitative estimate of drug-likeness (QED) is 0.641. The molecule has 0 radical (unpaired) electrons. The lowest BCUT2D eigenvalue weighted by molar-refractivity contribution is 0.112. The van der Waals surface area contributed by atoms with Crippen LogP contribution in [0.25, 0.3) is 0 Å². The number of benzene rings is 1. The van der Waals surface area contributed by atoms with Crippen LogP contribution in [0.3, 0.4) is 0 Å².